The molecule has 2 aromatic rings. The van der Waals surface area contributed by atoms with E-state index in [4.69, 9.17) is 11.6 Å². The van der Waals surface area contributed by atoms with Crippen molar-refractivity contribution in [1.29, 1.82) is 0 Å². The van der Waals surface area contributed by atoms with Gasteiger partial charge >= 0.3 is 0 Å². The van der Waals surface area contributed by atoms with Crippen molar-refractivity contribution in [2.45, 2.75) is 6.67 Å². The highest BCUT2D eigenvalue weighted by Gasteiger charge is 2.01. The molecule has 0 radical (unpaired) electrons. The number of thiazole rings is 1. The van der Waals surface area contributed by atoms with E-state index in [1.54, 1.807) is 18.2 Å². The number of halogens is 2. The third-order valence-electron chi connectivity index (χ3n) is 1.58. The van der Waals surface area contributed by atoms with Crippen molar-refractivity contribution < 1.29 is 4.39 Å². The smallest absolute Gasteiger partial charge is 0.184 e. The van der Waals surface area contributed by atoms with E-state index in [0.717, 1.165) is 10.2 Å². The molecule has 62 valence electrons. The lowest BCUT2D eigenvalue weighted by molar-refractivity contribution is 0.485. The molecule has 0 N–H and O–H groups in total. The molecule has 0 atom stereocenters. The summed E-state index contributed by atoms with van der Waals surface area (Å²) in [6, 6.07) is 5.28. The molecule has 0 fully saturated rings. The van der Waals surface area contributed by atoms with Crippen LogP contribution in [0.1, 0.15) is 5.56 Å². The average molecular weight is 202 g/mol. The summed E-state index contributed by atoms with van der Waals surface area (Å²) in [5, 5.41) is 0. The minimum absolute atomic E-state index is 0.439. The van der Waals surface area contributed by atoms with Gasteiger partial charge in [0.1, 0.15) is 6.67 Å². The molecule has 0 aliphatic heterocycles. The molecule has 1 aromatic heterocycles. The van der Waals surface area contributed by atoms with E-state index in [1.807, 2.05) is 0 Å². The third-order valence-corrected chi connectivity index (χ3v) is 2.70. The van der Waals surface area contributed by atoms with Crippen molar-refractivity contribution in [2.24, 2.45) is 0 Å². The first kappa shape index (κ1) is 7.95. The number of hydrogen-bond donors (Lipinski definition) is 0. The van der Waals surface area contributed by atoms with Gasteiger partial charge in [-0.15, -0.1) is 11.3 Å². The second-order valence-corrected chi connectivity index (χ2v) is 4.02. The zero-order chi connectivity index (χ0) is 8.55. The Bertz CT molecular complexity index is 412. The van der Waals surface area contributed by atoms with Crippen molar-refractivity contribution in [3.05, 3.63) is 28.2 Å². The first-order valence-corrected chi connectivity index (χ1v) is 4.60. The molecule has 4 heteroatoms. The predicted molar refractivity (Wildman–Crippen MR) is 49.4 cm³/mol. The van der Waals surface area contributed by atoms with E-state index in [2.05, 4.69) is 4.98 Å². The van der Waals surface area contributed by atoms with E-state index in [0.29, 0.717) is 10.0 Å². The number of rotatable bonds is 1. The second-order valence-electron chi connectivity index (χ2n) is 2.40. The Kier molecular flexibility index (Phi) is 1.98. The number of fused-ring (bicyclic) bond motifs is 1. The largest absolute Gasteiger partial charge is 0.246 e. The van der Waals surface area contributed by atoms with Crippen molar-refractivity contribution in [2.75, 3.05) is 0 Å². The SMILES string of the molecule is FCc1ccc2nc(Cl)sc2c1. The molecule has 1 aromatic carbocycles. The second kappa shape index (κ2) is 2.99. The molecule has 0 spiro atoms. The van der Waals surface area contributed by atoms with Gasteiger partial charge in [0.15, 0.2) is 4.47 Å². The zero-order valence-corrected chi connectivity index (χ0v) is 7.62. The number of alkyl halides is 1. The Balaban J connectivity index is 2.66. The summed E-state index contributed by atoms with van der Waals surface area (Å²) in [5.74, 6) is 0. The Labute approximate surface area is 77.8 Å². The van der Waals surface area contributed by atoms with Gasteiger partial charge in [0.2, 0.25) is 0 Å². The van der Waals surface area contributed by atoms with Crippen LogP contribution < -0.4 is 0 Å². The van der Waals surface area contributed by atoms with Crippen molar-refractivity contribution in [3.8, 4) is 0 Å². The summed E-state index contributed by atoms with van der Waals surface area (Å²) in [4.78, 5) is 4.05. The van der Waals surface area contributed by atoms with Gasteiger partial charge in [-0.3, -0.25) is 0 Å². The highest BCUT2D eigenvalue weighted by molar-refractivity contribution is 7.22. The number of benzene rings is 1. The highest BCUT2D eigenvalue weighted by atomic mass is 35.5. The van der Waals surface area contributed by atoms with Crippen LogP contribution in [0, 0.1) is 0 Å². The normalized spacial score (nSPS) is 10.8. The maximum absolute atomic E-state index is 12.2. The van der Waals surface area contributed by atoms with Gasteiger partial charge in [-0.25, -0.2) is 9.37 Å². The fourth-order valence-electron chi connectivity index (χ4n) is 1.02. The molecule has 0 amide bonds. The first-order valence-electron chi connectivity index (χ1n) is 3.40. The van der Waals surface area contributed by atoms with E-state index < -0.39 is 6.67 Å². The minimum atomic E-state index is -0.439. The number of nitrogens with zero attached hydrogens (tertiary/aromatic N) is 1. The van der Waals surface area contributed by atoms with E-state index >= 15 is 0 Å². The van der Waals surface area contributed by atoms with Crippen LogP contribution in [-0.2, 0) is 6.67 Å². The first-order chi connectivity index (χ1) is 5.79. The lowest BCUT2D eigenvalue weighted by atomic mass is 10.2. The standard InChI is InChI=1S/C8H5ClFNS/c9-8-11-6-2-1-5(4-10)3-7(6)12-8/h1-3H,4H2. The molecule has 0 unspecified atom stereocenters. The third kappa shape index (κ3) is 1.30. The van der Waals surface area contributed by atoms with Crippen molar-refractivity contribution >= 4 is 33.2 Å². The highest BCUT2D eigenvalue weighted by Crippen LogP contribution is 2.26. The lowest BCUT2D eigenvalue weighted by Crippen LogP contribution is -1.75. The molecular weight excluding hydrogens is 197 g/mol. The van der Waals surface area contributed by atoms with Crippen molar-refractivity contribution in [3.63, 3.8) is 0 Å². The van der Waals surface area contributed by atoms with Crippen molar-refractivity contribution in [1.82, 2.24) is 4.98 Å². The molecule has 0 saturated carbocycles. The van der Waals surface area contributed by atoms with Crippen LogP contribution in [0.2, 0.25) is 4.47 Å². The molecule has 0 bridgehead atoms. The Hall–Kier alpha value is -0.670. The van der Waals surface area contributed by atoms with Crippen LogP contribution in [0.4, 0.5) is 4.39 Å². The van der Waals surface area contributed by atoms with Crippen LogP contribution in [0.15, 0.2) is 18.2 Å². The Morgan fingerprint density at radius 3 is 3.08 bits per heavy atom. The fraction of sp³-hybridized carbons (Fsp3) is 0.125. The molecule has 2 rings (SSSR count). The maximum Gasteiger partial charge on any atom is 0.184 e. The van der Waals surface area contributed by atoms with Crippen LogP contribution in [-0.4, -0.2) is 4.98 Å². The fourth-order valence-corrected chi connectivity index (χ4v) is 2.12. The molecule has 0 aliphatic carbocycles. The lowest BCUT2D eigenvalue weighted by Gasteiger charge is -1.91. The van der Waals surface area contributed by atoms with Crippen LogP contribution in [0.5, 0.6) is 0 Å². The monoisotopic (exact) mass is 201 g/mol. The summed E-state index contributed by atoms with van der Waals surface area (Å²) in [7, 11) is 0. The van der Waals surface area contributed by atoms with Gasteiger partial charge in [-0.1, -0.05) is 17.7 Å². The van der Waals surface area contributed by atoms with Crippen LogP contribution >= 0.6 is 22.9 Å². The van der Waals surface area contributed by atoms with Crippen LogP contribution in [0.3, 0.4) is 0 Å². The molecule has 1 nitrogen and oxygen atoms in total. The van der Waals surface area contributed by atoms with Crippen LogP contribution in [0.25, 0.3) is 10.2 Å². The molecular formula is C8H5ClFNS. The predicted octanol–water partition coefficient (Wildman–Crippen LogP) is 3.42. The zero-order valence-electron chi connectivity index (χ0n) is 6.05. The quantitative estimate of drug-likeness (QED) is 0.689. The summed E-state index contributed by atoms with van der Waals surface area (Å²) in [6.45, 7) is -0.439. The average Bonchev–Trinajstić information content (AvgIpc) is 2.43. The van der Waals surface area contributed by atoms with E-state index in [9.17, 15) is 4.39 Å². The molecule has 12 heavy (non-hydrogen) atoms. The minimum Gasteiger partial charge on any atom is -0.246 e. The topological polar surface area (TPSA) is 12.9 Å². The molecule has 1 heterocycles. The summed E-state index contributed by atoms with van der Waals surface area (Å²) in [5.41, 5.74) is 1.50. The maximum atomic E-state index is 12.2. The Morgan fingerprint density at radius 2 is 2.33 bits per heavy atom. The van der Waals surface area contributed by atoms with Gasteiger partial charge in [-0.05, 0) is 17.7 Å². The number of hydrogen-bond acceptors (Lipinski definition) is 2. The van der Waals surface area contributed by atoms with Gasteiger partial charge in [0.25, 0.3) is 0 Å². The van der Waals surface area contributed by atoms with E-state index in [-0.39, 0.29) is 0 Å². The Morgan fingerprint density at radius 1 is 1.50 bits per heavy atom. The van der Waals surface area contributed by atoms with Gasteiger partial charge < -0.3 is 0 Å². The summed E-state index contributed by atoms with van der Waals surface area (Å²) in [6.07, 6.45) is 0. The summed E-state index contributed by atoms with van der Waals surface area (Å²) >= 11 is 7.06. The molecule has 0 aliphatic rings. The van der Waals surface area contributed by atoms with E-state index in [1.165, 1.54) is 11.3 Å². The van der Waals surface area contributed by atoms with Gasteiger partial charge in [0.05, 0.1) is 10.2 Å². The molecule has 0 saturated heterocycles. The van der Waals surface area contributed by atoms with Gasteiger partial charge in [0, 0.05) is 0 Å². The summed E-state index contributed by atoms with van der Waals surface area (Å²) < 4.78 is 13.7. The number of aromatic nitrogens is 1. The van der Waals surface area contributed by atoms with Gasteiger partial charge in [-0.2, -0.15) is 0 Å².